The molecular weight excluding hydrogens is 386 g/mol. The lowest BCUT2D eigenvalue weighted by molar-refractivity contribution is 0.415. The molecule has 1 aliphatic heterocycles. The minimum atomic E-state index is -0.364. The van der Waals surface area contributed by atoms with Gasteiger partial charge in [-0.1, -0.05) is 36.5 Å². The van der Waals surface area contributed by atoms with Crippen LogP contribution in [0.3, 0.4) is 0 Å². The van der Waals surface area contributed by atoms with Gasteiger partial charge in [0.05, 0.1) is 7.11 Å². The number of rotatable bonds is 4. The van der Waals surface area contributed by atoms with Gasteiger partial charge >= 0.3 is 0 Å². The molecule has 1 aliphatic rings. The average Bonchev–Trinajstić information content (AvgIpc) is 2.73. The first-order chi connectivity index (χ1) is 14.0. The third-order valence-corrected chi connectivity index (χ3v) is 5.25. The highest BCUT2D eigenvalue weighted by Crippen LogP contribution is 2.22. The molecule has 0 saturated carbocycles. The molecule has 0 bridgehead atoms. The number of aromatic amines is 1. The molecule has 4 rings (SSSR count). The Morgan fingerprint density at radius 1 is 1.21 bits per heavy atom. The summed E-state index contributed by atoms with van der Waals surface area (Å²) in [6.07, 6.45) is 0.888. The number of ether oxygens (including phenoxy) is 1. The molecule has 0 aliphatic carbocycles. The molecule has 1 aromatic heterocycles. The number of nitrogens with zero attached hydrogens (tertiary/aromatic N) is 2. The SMILES string of the molecule is COc1ccc(NC(=S)c2c(N)nc(N3CCc4ccccc4C3)[nH]c2=O)cc1. The van der Waals surface area contributed by atoms with E-state index >= 15 is 0 Å². The third-order valence-electron chi connectivity index (χ3n) is 4.94. The first-order valence-electron chi connectivity index (χ1n) is 9.22. The van der Waals surface area contributed by atoms with Crippen LogP contribution in [0.1, 0.15) is 16.7 Å². The Balaban J connectivity index is 1.55. The van der Waals surface area contributed by atoms with Gasteiger partial charge in [0.15, 0.2) is 0 Å². The lowest BCUT2D eigenvalue weighted by Crippen LogP contribution is -2.35. The second kappa shape index (κ2) is 7.92. The molecule has 29 heavy (non-hydrogen) atoms. The molecule has 4 N–H and O–H groups in total. The van der Waals surface area contributed by atoms with Crippen LogP contribution in [0.5, 0.6) is 5.75 Å². The summed E-state index contributed by atoms with van der Waals surface area (Å²) in [5.74, 6) is 1.29. The van der Waals surface area contributed by atoms with Crippen LogP contribution in [-0.2, 0) is 13.0 Å². The molecule has 0 unspecified atom stereocenters. The van der Waals surface area contributed by atoms with E-state index in [2.05, 4.69) is 27.4 Å². The predicted octanol–water partition coefficient (Wildman–Crippen LogP) is 2.71. The number of fused-ring (bicyclic) bond motifs is 1. The average molecular weight is 407 g/mol. The second-order valence-electron chi connectivity index (χ2n) is 6.77. The van der Waals surface area contributed by atoms with Crippen LogP contribution in [0.15, 0.2) is 53.3 Å². The van der Waals surface area contributed by atoms with Crippen molar-refractivity contribution in [1.29, 1.82) is 0 Å². The van der Waals surface area contributed by atoms with Crippen LogP contribution in [0, 0.1) is 0 Å². The molecule has 7 nitrogen and oxygen atoms in total. The quantitative estimate of drug-likeness (QED) is 0.572. The van der Waals surface area contributed by atoms with Crippen molar-refractivity contribution >= 4 is 34.7 Å². The van der Waals surface area contributed by atoms with Gasteiger partial charge in [-0.15, -0.1) is 0 Å². The van der Waals surface area contributed by atoms with Gasteiger partial charge in [0.2, 0.25) is 5.95 Å². The number of benzene rings is 2. The number of nitrogens with one attached hydrogen (secondary N) is 2. The molecule has 8 heteroatoms. The Kier molecular flexibility index (Phi) is 5.18. The molecule has 148 valence electrons. The van der Waals surface area contributed by atoms with Crippen molar-refractivity contribution in [2.75, 3.05) is 29.6 Å². The lowest BCUT2D eigenvalue weighted by Gasteiger charge is -2.29. The van der Waals surface area contributed by atoms with Gasteiger partial charge in [-0.2, -0.15) is 4.98 Å². The largest absolute Gasteiger partial charge is 0.497 e. The molecule has 3 aromatic rings. The zero-order valence-electron chi connectivity index (χ0n) is 15.9. The van der Waals surface area contributed by atoms with Crippen molar-refractivity contribution in [3.63, 3.8) is 0 Å². The molecular formula is C21H21N5O2S. The van der Waals surface area contributed by atoms with Gasteiger partial charge in [0.1, 0.15) is 22.1 Å². The smallest absolute Gasteiger partial charge is 0.264 e. The monoisotopic (exact) mass is 407 g/mol. The first-order valence-corrected chi connectivity index (χ1v) is 9.63. The van der Waals surface area contributed by atoms with Crippen LogP contribution < -0.4 is 26.2 Å². The minimum Gasteiger partial charge on any atom is -0.497 e. The zero-order valence-corrected chi connectivity index (χ0v) is 16.8. The van der Waals surface area contributed by atoms with Crippen LogP contribution in [0.25, 0.3) is 0 Å². The molecule has 2 heterocycles. The topological polar surface area (TPSA) is 96.3 Å². The maximum atomic E-state index is 12.7. The number of nitrogen functional groups attached to an aromatic ring is 1. The molecule has 0 saturated heterocycles. The summed E-state index contributed by atoms with van der Waals surface area (Å²) in [7, 11) is 1.60. The maximum absolute atomic E-state index is 12.7. The number of methoxy groups -OCH3 is 1. The van der Waals surface area contributed by atoms with E-state index in [1.54, 1.807) is 19.2 Å². The highest BCUT2D eigenvalue weighted by atomic mass is 32.1. The van der Waals surface area contributed by atoms with Crippen molar-refractivity contribution in [2.45, 2.75) is 13.0 Å². The Morgan fingerprint density at radius 3 is 2.62 bits per heavy atom. The van der Waals surface area contributed by atoms with Gasteiger partial charge < -0.3 is 20.7 Å². The van der Waals surface area contributed by atoms with Crippen LogP contribution >= 0.6 is 12.2 Å². The van der Waals surface area contributed by atoms with Crippen LogP contribution in [0.2, 0.25) is 0 Å². The van der Waals surface area contributed by atoms with Crippen molar-refractivity contribution < 1.29 is 4.74 Å². The highest BCUT2D eigenvalue weighted by molar-refractivity contribution is 7.81. The summed E-state index contributed by atoms with van der Waals surface area (Å²) in [5.41, 5.74) is 9.19. The summed E-state index contributed by atoms with van der Waals surface area (Å²) in [4.78, 5) is 22.2. The normalized spacial score (nSPS) is 12.9. The van der Waals surface area contributed by atoms with Gasteiger partial charge in [-0.05, 0) is 41.8 Å². The third kappa shape index (κ3) is 3.93. The van der Waals surface area contributed by atoms with Crippen molar-refractivity contribution in [3.05, 3.63) is 75.6 Å². The van der Waals surface area contributed by atoms with E-state index in [4.69, 9.17) is 22.7 Å². The summed E-state index contributed by atoms with van der Waals surface area (Å²) in [6.45, 7) is 1.43. The number of H-pyrrole nitrogens is 1. The Bertz CT molecular complexity index is 1110. The molecule has 2 aromatic carbocycles. The standard InChI is InChI=1S/C21H21N5O2S/c1-28-16-8-6-15(7-9-16)23-20(29)17-18(22)24-21(25-19(17)27)26-11-10-13-4-2-3-5-14(13)12-26/h2-9H,10-12H2,1H3,(H,23,29)(H3,22,24,25,27). The Hall–Kier alpha value is -3.39. The van der Waals surface area contributed by atoms with Crippen LogP contribution in [0.4, 0.5) is 17.5 Å². The summed E-state index contributed by atoms with van der Waals surface area (Å²) < 4.78 is 5.14. The highest BCUT2D eigenvalue weighted by Gasteiger charge is 2.21. The van der Waals surface area contributed by atoms with Gasteiger partial charge in [-0.3, -0.25) is 9.78 Å². The summed E-state index contributed by atoms with van der Waals surface area (Å²) in [5, 5.41) is 3.03. The van der Waals surface area contributed by atoms with E-state index in [-0.39, 0.29) is 21.9 Å². The Labute approximate surface area is 173 Å². The van der Waals surface area contributed by atoms with E-state index in [0.29, 0.717) is 12.5 Å². The van der Waals surface area contributed by atoms with Gasteiger partial charge in [0.25, 0.3) is 5.56 Å². The van der Waals surface area contributed by atoms with Crippen molar-refractivity contribution in [2.24, 2.45) is 0 Å². The van der Waals surface area contributed by atoms with Gasteiger partial charge in [-0.25, -0.2) is 0 Å². The number of aromatic nitrogens is 2. The van der Waals surface area contributed by atoms with E-state index < -0.39 is 0 Å². The Morgan fingerprint density at radius 2 is 1.93 bits per heavy atom. The number of nitrogens with two attached hydrogens (primary N) is 1. The first kappa shape index (κ1) is 18.9. The molecule has 0 spiro atoms. The fourth-order valence-corrected chi connectivity index (χ4v) is 3.71. The van der Waals surface area contributed by atoms with E-state index in [1.165, 1.54) is 11.1 Å². The summed E-state index contributed by atoms with van der Waals surface area (Å²) in [6, 6.07) is 15.5. The second-order valence-corrected chi connectivity index (χ2v) is 7.18. The van der Waals surface area contributed by atoms with E-state index in [1.807, 2.05) is 29.2 Å². The summed E-state index contributed by atoms with van der Waals surface area (Å²) >= 11 is 5.39. The lowest BCUT2D eigenvalue weighted by atomic mass is 10.0. The molecule has 0 amide bonds. The fraction of sp³-hybridized carbons (Fsp3) is 0.190. The van der Waals surface area contributed by atoms with E-state index in [9.17, 15) is 4.79 Å². The number of hydrogen-bond acceptors (Lipinski definition) is 6. The van der Waals surface area contributed by atoms with Crippen LogP contribution in [-0.4, -0.2) is 28.6 Å². The fourth-order valence-electron chi connectivity index (χ4n) is 3.39. The van der Waals surface area contributed by atoms with Gasteiger partial charge in [0, 0.05) is 18.8 Å². The number of thiocarbonyl (C=S) groups is 1. The minimum absolute atomic E-state index is 0.105. The van der Waals surface area contributed by atoms with E-state index in [0.717, 1.165) is 24.4 Å². The zero-order chi connectivity index (χ0) is 20.4. The molecule has 0 atom stereocenters. The van der Waals surface area contributed by atoms with Crippen molar-refractivity contribution in [3.8, 4) is 5.75 Å². The molecule has 0 fully saturated rings. The molecule has 0 radical (unpaired) electrons. The number of anilines is 3. The van der Waals surface area contributed by atoms with Crippen molar-refractivity contribution in [1.82, 2.24) is 9.97 Å². The predicted molar refractivity (Wildman–Crippen MR) is 119 cm³/mol. The number of hydrogen-bond donors (Lipinski definition) is 3. The maximum Gasteiger partial charge on any atom is 0.264 e.